The molecule has 4 heteroatoms. The van der Waals surface area contributed by atoms with Gasteiger partial charge in [-0.15, -0.1) is 12.4 Å². The maximum Gasteiger partial charge on any atom is 0.0890 e. The molecule has 0 saturated carbocycles. The second kappa shape index (κ2) is 5.38. The zero-order valence-corrected chi connectivity index (χ0v) is 7.40. The Bertz CT molecular complexity index is 105. The molecule has 0 aromatic carbocycles. The first-order valence-corrected chi connectivity index (χ1v) is 2.95. The Labute approximate surface area is 68.7 Å². The van der Waals surface area contributed by atoms with Crippen molar-refractivity contribution in [3.8, 4) is 0 Å². The molecule has 0 saturated heterocycles. The molecule has 10 heavy (non-hydrogen) atoms. The lowest BCUT2D eigenvalue weighted by Crippen LogP contribution is -2.21. The van der Waals surface area contributed by atoms with E-state index in [2.05, 4.69) is 36.2 Å². The maximum absolute atomic E-state index is 2.25. The van der Waals surface area contributed by atoms with E-state index in [1.54, 1.807) is 0 Å². The van der Waals surface area contributed by atoms with E-state index in [-0.39, 0.29) is 18.6 Å². The second-order valence-corrected chi connectivity index (χ2v) is 2.10. The van der Waals surface area contributed by atoms with E-state index in [0.717, 1.165) is 13.2 Å². The van der Waals surface area contributed by atoms with Crippen LogP contribution in [0.5, 0.6) is 0 Å². The molecule has 1 aliphatic rings. The van der Waals surface area contributed by atoms with Crippen LogP contribution in [0, 0.1) is 0 Å². The van der Waals surface area contributed by atoms with Crippen molar-refractivity contribution in [3.63, 3.8) is 0 Å². The molecule has 3 N–H and O–H groups in total. The molecule has 0 aliphatic carbocycles. The minimum absolute atomic E-state index is 0. The molecule has 1 aliphatic heterocycles. The van der Waals surface area contributed by atoms with Crippen LogP contribution in [-0.4, -0.2) is 30.1 Å². The Morgan fingerprint density at radius 3 is 2.20 bits per heavy atom. The van der Waals surface area contributed by atoms with Gasteiger partial charge in [-0.25, -0.2) is 0 Å². The van der Waals surface area contributed by atoms with Crippen LogP contribution in [0.25, 0.3) is 0 Å². The molecule has 0 spiro atoms. The zero-order valence-electron chi connectivity index (χ0n) is 6.58. The predicted octanol–water partition coefficient (Wildman–Crippen LogP) is 1.27. The third-order valence-electron chi connectivity index (χ3n) is 1.34. The lowest BCUT2D eigenvalue weighted by molar-refractivity contribution is 0.308. The first kappa shape index (κ1) is 12.3. The number of halogens is 1. The van der Waals surface area contributed by atoms with Gasteiger partial charge in [-0.2, -0.15) is 0 Å². The van der Waals surface area contributed by atoms with E-state index in [4.69, 9.17) is 0 Å². The van der Waals surface area contributed by atoms with Gasteiger partial charge in [0, 0.05) is 26.0 Å². The van der Waals surface area contributed by atoms with Crippen LogP contribution in [0.4, 0.5) is 0 Å². The van der Waals surface area contributed by atoms with E-state index in [0.29, 0.717) is 0 Å². The van der Waals surface area contributed by atoms with Gasteiger partial charge < -0.3 is 16.0 Å². The summed E-state index contributed by atoms with van der Waals surface area (Å²) in [4.78, 5) is 4.41. The van der Waals surface area contributed by atoms with Crippen LogP contribution >= 0.6 is 12.4 Å². The Kier molecular flexibility index (Phi) is 6.61. The maximum atomic E-state index is 2.25. The molecule has 1 heterocycles. The summed E-state index contributed by atoms with van der Waals surface area (Å²) in [5.74, 6) is 0. The van der Waals surface area contributed by atoms with Crippen molar-refractivity contribution in [2.24, 2.45) is 0 Å². The molecule has 0 bridgehead atoms. The van der Waals surface area contributed by atoms with Crippen molar-refractivity contribution in [1.82, 2.24) is 16.0 Å². The van der Waals surface area contributed by atoms with Gasteiger partial charge in [0.05, 0.1) is 6.67 Å². The fourth-order valence-corrected chi connectivity index (χ4v) is 0.794. The van der Waals surface area contributed by atoms with Crippen LogP contribution in [0.1, 0.15) is 6.92 Å². The van der Waals surface area contributed by atoms with Gasteiger partial charge in [0.1, 0.15) is 0 Å². The summed E-state index contributed by atoms with van der Waals surface area (Å²) >= 11 is 0. The van der Waals surface area contributed by atoms with Crippen LogP contribution in [0.3, 0.4) is 0 Å². The normalized spacial score (nSPS) is 14.6. The fourth-order valence-electron chi connectivity index (χ4n) is 0.794. The summed E-state index contributed by atoms with van der Waals surface area (Å²) in [6.07, 6.45) is 4.20. The zero-order chi connectivity index (χ0) is 5.98. The van der Waals surface area contributed by atoms with E-state index in [9.17, 15) is 0 Å². The highest BCUT2D eigenvalue weighted by atomic mass is 35.5. The van der Waals surface area contributed by atoms with Gasteiger partial charge in [-0.3, -0.25) is 0 Å². The average molecular weight is 166 g/mol. The SMILES string of the molecule is CCN1C=CN(C)C1.Cl.N. The number of hydrogen-bond donors (Lipinski definition) is 1. The van der Waals surface area contributed by atoms with Crippen LogP contribution in [-0.2, 0) is 0 Å². The summed E-state index contributed by atoms with van der Waals surface area (Å²) in [5, 5.41) is 0. The van der Waals surface area contributed by atoms with Gasteiger partial charge in [-0.05, 0) is 6.92 Å². The summed E-state index contributed by atoms with van der Waals surface area (Å²) < 4.78 is 0. The molecular formula is C6H16ClN3. The van der Waals surface area contributed by atoms with Crippen LogP contribution in [0.2, 0.25) is 0 Å². The largest absolute Gasteiger partial charge is 0.362 e. The number of hydrogen-bond acceptors (Lipinski definition) is 3. The molecule has 0 atom stereocenters. The van der Waals surface area contributed by atoms with Gasteiger partial charge in [-0.1, -0.05) is 0 Å². The molecular weight excluding hydrogens is 150 g/mol. The first-order valence-electron chi connectivity index (χ1n) is 2.95. The van der Waals surface area contributed by atoms with Crippen molar-refractivity contribution in [1.29, 1.82) is 0 Å². The lowest BCUT2D eigenvalue weighted by Gasteiger charge is -2.14. The van der Waals surface area contributed by atoms with Crippen LogP contribution in [0.15, 0.2) is 12.4 Å². The molecule has 0 unspecified atom stereocenters. The fraction of sp³-hybridized carbons (Fsp3) is 0.667. The highest BCUT2D eigenvalue weighted by Gasteiger charge is 2.03. The molecule has 62 valence electrons. The highest BCUT2D eigenvalue weighted by molar-refractivity contribution is 5.85. The molecule has 0 aromatic rings. The Hall–Kier alpha value is -0.410. The van der Waals surface area contributed by atoms with Crippen molar-refractivity contribution < 1.29 is 0 Å². The van der Waals surface area contributed by atoms with Gasteiger partial charge in [0.15, 0.2) is 0 Å². The molecule has 0 amide bonds. The third kappa shape index (κ3) is 2.94. The Morgan fingerprint density at radius 1 is 1.40 bits per heavy atom. The Balaban J connectivity index is 0. The highest BCUT2D eigenvalue weighted by Crippen LogP contribution is 2.00. The smallest absolute Gasteiger partial charge is 0.0890 e. The predicted molar refractivity (Wildman–Crippen MR) is 46.4 cm³/mol. The number of rotatable bonds is 1. The standard InChI is InChI=1S/C6H12N2.ClH.H3N/c1-3-8-5-4-7(2)6-8;;/h4-5H,3,6H2,1-2H3;1H;1H3. The quantitative estimate of drug-likeness (QED) is 0.636. The van der Waals surface area contributed by atoms with Gasteiger partial charge in [0.25, 0.3) is 0 Å². The summed E-state index contributed by atoms with van der Waals surface area (Å²) in [7, 11) is 2.08. The lowest BCUT2D eigenvalue weighted by atomic mass is 10.6. The van der Waals surface area contributed by atoms with E-state index < -0.39 is 0 Å². The summed E-state index contributed by atoms with van der Waals surface area (Å²) in [5.41, 5.74) is 0. The molecule has 1 rings (SSSR count). The monoisotopic (exact) mass is 165 g/mol. The molecule has 0 aromatic heterocycles. The molecule has 0 radical (unpaired) electrons. The Morgan fingerprint density at radius 2 is 2.00 bits per heavy atom. The third-order valence-corrected chi connectivity index (χ3v) is 1.34. The topological polar surface area (TPSA) is 41.5 Å². The number of nitrogens with zero attached hydrogens (tertiary/aromatic N) is 2. The van der Waals surface area contributed by atoms with Crippen molar-refractivity contribution in [2.75, 3.05) is 20.3 Å². The van der Waals surface area contributed by atoms with E-state index in [1.807, 2.05) is 0 Å². The van der Waals surface area contributed by atoms with Gasteiger partial charge >= 0.3 is 0 Å². The minimum atomic E-state index is 0. The van der Waals surface area contributed by atoms with E-state index in [1.165, 1.54) is 0 Å². The molecule has 0 fully saturated rings. The first-order chi connectivity index (χ1) is 3.83. The van der Waals surface area contributed by atoms with Crippen molar-refractivity contribution in [2.45, 2.75) is 6.92 Å². The summed E-state index contributed by atoms with van der Waals surface area (Å²) in [6.45, 7) is 4.32. The van der Waals surface area contributed by atoms with E-state index >= 15 is 0 Å². The summed E-state index contributed by atoms with van der Waals surface area (Å²) in [6, 6.07) is 0. The average Bonchev–Trinajstić information content (AvgIpc) is 2.14. The van der Waals surface area contributed by atoms with Crippen molar-refractivity contribution in [3.05, 3.63) is 12.4 Å². The van der Waals surface area contributed by atoms with Crippen molar-refractivity contribution >= 4 is 12.4 Å². The molecule has 3 nitrogen and oxygen atoms in total. The minimum Gasteiger partial charge on any atom is -0.362 e. The van der Waals surface area contributed by atoms with Crippen LogP contribution < -0.4 is 6.15 Å². The second-order valence-electron chi connectivity index (χ2n) is 2.10. The van der Waals surface area contributed by atoms with Gasteiger partial charge in [0.2, 0.25) is 0 Å².